The van der Waals surface area contributed by atoms with Gasteiger partial charge in [-0.3, -0.25) is 0 Å². The van der Waals surface area contributed by atoms with Crippen LogP contribution in [0.1, 0.15) is 5.56 Å². The van der Waals surface area contributed by atoms with Crippen molar-refractivity contribution in [2.75, 3.05) is 0 Å². The van der Waals surface area contributed by atoms with Gasteiger partial charge in [0, 0.05) is 5.56 Å². The smallest absolute Gasteiger partial charge is 0.405 e. The van der Waals surface area contributed by atoms with Crippen LogP contribution < -0.4 is 4.74 Å². The molecule has 6 heteroatoms. The molecule has 0 saturated carbocycles. The van der Waals surface area contributed by atoms with Gasteiger partial charge in [-0.25, -0.2) is 0 Å². The van der Waals surface area contributed by atoms with E-state index >= 15 is 0 Å². The summed E-state index contributed by atoms with van der Waals surface area (Å²) in [5.41, 5.74) is 1.38. The van der Waals surface area contributed by atoms with Crippen LogP contribution in [-0.4, -0.2) is 6.36 Å². The average molecular weight is 333 g/mol. The molecule has 0 unspecified atom stereocenters. The van der Waals surface area contributed by atoms with Crippen LogP contribution in [0.2, 0.25) is 10.0 Å². The Balaban J connectivity index is 2.57. The minimum Gasteiger partial charge on any atom is -0.405 e. The summed E-state index contributed by atoms with van der Waals surface area (Å²) in [5, 5.41) is 0.565. The highest BCUT2D eigenvalue weighted by atomic mass is 35.5. The predicted molar refractivity (Wildman–Crippen MR) is 78.7 cm³/mol. The van der Waals surface area contributed by atoms with Gasteiger partial charge in [0.05, 0.1) is 10.0 Å². The van der Waals surface area contributed by atoms with E-state index < -0.39 is 6.36 Å². The normalized spacial score (nSPS) is 11.3. The van der Waals surface area contributed by atoms with Gasteiger partial charge in [-0.2, -0.15) is 0 Å². The summed E-state index contributed by atoms with van der Waals surface area (Å²) < 4.78 is 41.5. The molecule has 110 valence electrons. The lowest BCUT2D eigenvalue weighted by molar-refractivity contribution is -0.274. The minimum atomic E-state index is -4.78. The molecule has 2 aromatic rings. The lowest BCUT2D eigenvalue weighted by atomic mass is 10.0. The molecular formula is C15H9Cl2F3O. The largest absolute Gasteiger partial charge is 0.573 e. The maximum Gasteiger partial charge on any atom is 0.573 e. The molecule has 21 heavy (non-hydrogen) atoms. The third-order valence-corrected chi connectivity index (χ3v) is 3.43. The highest BCUT2D eigenvalue weighted by molar-refractivity contribution is 6.42. The van der Waals surface area contributed by atoms with E-state index in [0.29, 0.717) is 16.1 Å². The van der Waals surface area contributed by atoms with Gasteiger partial charge in [-0.15, -0.1) is 13.2 Å². The Hall–Kier alpha value is -1.65. The molecule has 0 aliphatic carbocycles. The summed E-state index contributed by atoms with van der Waals surface area (Å²) in [5.74, 6) is -0.313. The second kappa shape index (κ2) is 6.00. The molecule has 0 radical (unpaired) electrons. The Labute approximate surface area is 129 Å². The number of ether oxygens (including phenoxy) is 1. The van der Waals surface area contributed by atoms with E-state index in [0.717, 1.165) is 0 Å². The first kappa shape index (κ1) is 15.7. The molecule has 2 aromatic carbocycles. The molecule has 0 aliphatic heterocycles. The molecule has 0 amide bonds. The topological polar surface area (TPSA) is 9.23 Å². The standard InChI is InChI=1S/C15H9Cl2F3O/c1-2-9-3-6-14(21-15(18,19)20)11(7-9)10-4-5-12(16)13(17)8-10/h2-8H,1H2. The second-order valence-corrected chi connectivity index (χ2v) is 4.95. The maximum absolute atomic E-state index is 12.5. The molecule has 0 aliphatic rings. The van der Waals surface area contributed by atoms with Crippen LogP contribution in [0.25, 0.3) is 17.2 Å². The van der Waals surface area contributed by atoms with Gasteiger partial charge in [-0.1, -0.05) is 48.0 Å². The van der Waals surface area contributed by atoms with Crippen LogP contribution in [0.15, 0.2) is 43.0 Å². The van der Waals surface area contributed by atoms with E-state index in [1.54, 1.807) is 6.07 Å². The van der Waals surface area contributed by atoms with Crippen LogP contribution in [0.4, 0.5) is 13.2 Å². The fraction of sp³-hybridized carbons (Fsp3) is 0.0667. The van der Waals surface area contributed by atoms with E-state index in [1.165, 1.54) is 36.4 Å². The van der Waals surface area contributed by atoms with Gasteiger partial charge in [0.25, 0.3) is 0 Å². The van der Waals surface area contributed by atoms with Crippen LogP contribution in [0.5, 0.6) is 5.75 Å². The predicted octanol–water partition coefficient (Wildman–Crippen LogP) is 6.20. The van der Waals surface area contributed by atoms with Crippen molar-refractivity contribution in [3.8, 4) is 16.9 Å². The third-order valence-electron chi connectivity index (χ3n) is 2.70. The van der Waals surface area contributed by atoms with Crippen molar-refractivity contribution in [1.29, 1.82) is 0 Å². The second-order valence-electron chi connectivity index (χ2n) is 4.14. The first-order valence-corrected chi connectivity index (χ1v) is 6.53. The number of hydrogen-bond acceptors (Lipinski definition) is 1. The van der Waals surface area contributed by atoms with Crippen molar-refractivity contribution in [2.24, 2.45) is 0 Å². The zero-order valence-corrected chi connectivity index (χ0v) is 12.1. The molecule has 2 rings (SSSR count). The molecule has 0 atom stereocenters. The highest BCUT2D eigenvalue weighted by Crippen LogP contribution is 2.37. The van der Waals surface area contributed by atoms with E-state index in [-0.39, 0.29) is 16.3 Å². The summed E-state index contributed by atoms with van der Waals surface area (Å²) in [6.45, 7) is 3.59. The number of benzene rings is 2. The van der Waals surface area contributed by atoms with Crippen LogP contribution in [0, 0.1) is 0 Å². The van der Waals surface area contributed by atoms with Gasteiger partial charge in [-0.05, 0) is 35.4 Å². The molecule has 0 fully saturated rings. The van der Waals surface area contributed by atoms with Crippen LogP contribution in [0.3, 0.4) is 0 Å². The van der Waals surface area contributed by atoms with Gasteiger partial charge in [0.15, 0.2) is 0 Å². The van der Waals surface area contributed by atoms with E-state index in [2.05, 4.69) is 11.3 Å². The summed E-state index contributed by atoms with van der Waals surface area (Å²) in [6.07, 6.45) is -3.25. The SMILES string of the molecule is C=Cc1ccc(OC(F)(F)F)c(-c2ccc(Cl)c(Cl)c2)c1. The van der Waals surface area contributed by atoms with E-state index in [9.17, 15) is 13.2 Å². The number of hydrogen-bond donors (Lipinski definition) is 0. The number of halogens is 5. The summed E-state index contributed by atoms with van der Waals surface area (Å²) in [6, 6.07) is 8.82. The monoisotopic (exact) mass is 332 g/mol. The van der Waals surface area contributed by atoms with Gasteiger partial charge >= 0.3 is 6.36 Å². The lowest BCUT2D eigenvalue weighted by Crippen LogP contribution is -2.17. The number of rotatable bonds is 3. The zero-order valence-electron chi connectivity index (χ0n) is 10.5. The highest BCUT2D eigenvalue weighted by Gasteiger charge is 2.32. The summed E-state index contributed by atoms with van der Waals surface area (Å²) >= 11 is 11.7. The first-order chi connectivity index (χ1) is 9.80. The fourth-order valence-corrected chi connectivity index (χ4v) is 2.08. The van der Waals surface area contributed by atoms with Crippen molar-refractivity contribution in [3.63, 3.8) is 0 Å². The molecular weight excluding hydrogens is 324 g/mol. The molecule has 0 N–H and O–H groups in total. The van der Waals surface area contributed by atoms with Crippen molar-refractivity contribution in [2.45, 2.75) is 6.36 Å². The van der Waals surface area contributed by atoms with Crippen molar-refractivity contribution in [3.05, 3.63) is 58.6 Å². The van der Waals surface area contributed by atoms with Crippen molar-refractivity contribution >= 4 is 29.3 Å². The van der Waals surface area contributed by atoms with E-state index in [1.807, 2.05) is 0 Å². The average Bonchev–Trinajstić information content (AvgIpc) is 2.41. The maximum atomic E-state index is 12.5. The Morgan fingerprint density at radius 2 is 1.71 bits per heavy atom. The fourth-order valence-electron chi connectivity index (χ4n) is 1.78. The van der Waals surface area contributed by atoms with Gasteiger partial charge in [0.2, 0.25) is 0 Å². The summed E-state index contributed by atoms with van der Waals surface area (Å²) in [4.78, 5) is 0. The Morgan fingerprint density at radius 1 is 1.00 bits per heavy atom. The Morgan fingerprint density at radius 3 is 2.29 bits per heavy atom. The molecule has 0 bridgehead atoms. The van der Waals surface area contributed by atoms with E-state index in [4.69, 9.17) is 23.2 Å². The molecule has 0 aromatic heterocycles. The zero-order chi connectivity index (χ0) is 15.6. The third kappa shape index (κ3) is 3.93. The summed E-state index contributed by atoms with van der Waals surface area (Å²) in [7, 11) is 0. The Kier molecular flexibility index (Phi) is 4.49. The van der Waals surface area contributed by atoms with Crippen molar-refractivity contribution in [1.82, 2.24) is 0 Å². The molecule has 1 nitrogen and oxygen atoms in total. The van der Waals surface area contributed by atoms with Crippen molar-refractivity contribution < 1.29 is 17.9 Å². The Bertz CT molecular complexity index is 681. The minimum absolute atomic E-state index is 0.246. The van der Waals surface area contributed by atoms with Crippen LogP contribution in [-0.2, 0) is 0 Å². The number of alkyl halides is 3. The molecule has 0 heterocycles. The lowest BCUT2D eigenvalue weighted by Gasteiger charge is -2.14. The molecule has 0 spiro atoms. The van der Waals surface area contributed by atoms with Gasteiger partial charge in [0.1, 0.15) is 5.75 Å². The van der Waals surface area contributed by atoms with Crippen LogP contribution >= 0.6 is 23.2 Å². The quantitative estimate of drug-likeness (QED) is 0.649. The molecule has 0 saturated heterocycles. The first-order valence-electron chi connectivity index (χ1n) is 5.78. The van der Waals surface area contributed by atoms with Gasteiger partial charge < -0.3 is 4.74 Å².